The molecule has 1 fully saturated rings. The van der Waals surface area contributed by atoms with Crippen LogP contribution in [-0.2, 0) is 0 Å². The Kier molecular flexibility index (Phi) is 8.59. The van der Waals surface area contributed by atoms with Gasteiger partial charge >= 0.3 is 0 Å². The second-order valence-electron chi connectivity index (χ2n) is 10.1. The van der Waals surface area contributed by atoms with E-state index in [0.29, 0.717) is 5.92 Å². The molecule has 6 heteroatoms. The van der Waals surface area contributed by atoms with Gasteiger partial charge in [-0.2, -0.15) is 0 Å². The number of amidine groups is 1. The van der Waals surface area contributed by atoms with Gasteiger partial charge in [0.2, 0.25) is 5.96 Å². The molecule has 0 unspecified atom stereocenters. The number of para-hydroxylation sites is 1. The van der Waals surface area contributed by atoms with E-state index in [0.717, 1.165) is 55.8 Å². The highest BCUT2D eigenvalue weighted by Gasteiger charge is 2.35. The monoisotopic (exact) mass is 463 g/mol. The Balaban J connectivity index is 1.80. The Labute approximate surface area is 205 Å². The maximum absolute atomic E-state index is 5.33. The van der Waals surface area contributed by atoms with Crippen molar-refractivity contribution in [1.82, 2.24) is 4.90 Å². The van der Waals surface area contributed by atoms with Crippen LogP contribution in [0.3, 0.4) is 0 Å². The van der Waals surface area contributed by atoms with Gasteiger partial charge in [-0.1, -0.05) is 32.0 Å². The molecule has 0 amide bonds. The van der Waals surface area contributed by atoms with Gasteiger partial charge in [0, 0.05) is 37.6 Å². The van der Waals surface area contributed by atoms with E-state index < -0.39 is 0 Å². The van der Waals surface area contributed by atoms with Crippen molar-refractivity contribution in [2.24, 2.45) is 15.9 Å². The number of aliphatic imine (C=N–C) groups is 2. The van der Waals surface area contributed by atoms with Crippen molar-refractivity contribution < 1.29 is 4.74 Å². The van der Waals surface area contributed by atoms with Crippen LogP contribution in [0.15, 0.2) is 58.5 Å². The standard InChI is InChI=1S/C28H41N5O/c1-21(2)16-17-29-27(31-23(4)30-26-11-9-8-10-22(26)3)32-18-19-33(28(5,6)20-32)24-12-14-25(34-7)15-13-24/h8-15,21H,16-20H2,1-7H3,(H,29,30,31). The topological polar surface area (TPSA) is 52.5 Å². The average molecular weight is 464 g/mol. The Morgan fingerprint density at radius 3 is 2.41 bits per heavy atom. The summed E-state index contributed by atoms with van der Waals surface area (Å²) in [4.78, 5) is 14.7. The summed E-state index contributed by atoms with van der Waals surface area (Å²) in [5.74, 6) is 3.17. The van der Waals surface area contributed by atoms with Crippen LogP contribution in [0.2, 0.25) is 0 Å². The largest absolute Gasteiger partial charge is 0.497 e. The normalized spacial score (nSPS) is 16.7. The lowest BCUT2D eigenvalue weighted by molar-refractivity contribution is 0.263. The lowest BCUT2D eigenvalue weighted by atomic mass is 9.97. The Morgan fingerprint density at radius 2 is 1.79 bits per heavy atom. The molecule has 1 saturated heterocycles. The Morgan fingerprint density at radius 1 is 1.09 bits per heavy atom. The molecule has 1 aliphatic heterocycles. The fourth-order valence-corrected chi connectivity index (χ4v) is 4.28. The summed E-state index contributed by atoms with van der Waals surface area (Å²) >= 11 is 0. The van der Waals surface area contributed by atoms with Crippen molar-refractivity contribution in [2.75, 3.05) is 43.5 Å². The van der Waals surface area contributed by atoms with Crippen molar-refractivity contribution in [3.8, 4) is 5.75 Å². The third kappa shape index (κ3) is 6.75. The second-order valence-corrected chi connectivity index (χ2v) is 10.1. The predicted octanol–water partition coefficient (Wildman–Crippen LogP) is 5.84. The van der Waals surface area contributed by atoms with E-state index in [2.05, 4.69) is 80.1 Å². The Hall–Kier alpha value is -3.02. The van der Waals surface area contributed by atoms with Crippen LogP contribution in [-0.4, -0.2) is 55.5 Å². The minimum absolute atomic E-state index is 0.0709. The molecule has 0 bridgehead atoms. The number of nitrogens with zero attached hydrogens (tertiary/aromatic N) is 4. The minimum atomic E-state index is -0.0709. The average Bonchev–Trinajstić information content (AvgIpc) is 2.79. The van der Waals surface area contributed by atoms with Gasteiger partial charge in [-0.15, -0.1) is 0 Å². The van der Waals surface area contributed by atoms with Gasteiger partial charge in [0.15, 0.2) is 0 Å². The molecule has 1 heterocycles. The van der Waals surface area contributed by atoms with Crippen LogP contribution in [0.5, 0.6) is 5.75 Å². The van der Waals surface area contributed by atoms with E-state index in [1.54, 1.807) is 7.11 Å². The molecule has 6 nitrogen and oxygen atoms in total. The van der Waals surface area contributed by atoms with Crippen LogP contribution >= 0.6 is 0 Å². The molecular weight excluding hydrogens is 422 g/mol. The molecule has 0 aromatic heterocycles. The third-order valence-electron chi connectivity index (χ3n) is 6.26. The minimum Gasteiger partial charge on any atom is -0.497 e. The number of aryl methyl sites for hydroxylation is 1. The van der Waals surface area contributed by atoms with Crippen LogP contribution in [0, 0.1) is 12.8 Å². The molecule has 0 saturated carbocycles. The summed E-state index contributed by atoms with van der Waals surface area (Å²) in [5, 5.41) is 3.47. The molecule has 2 aromatic rings. The number of hydrogen-bond donors (Lipinski definition) is 1. The zero-order valence-corrected chi connectivity index (χ0v) is 21.9. The maximum atomic E-state index is 5.33. The van der Waals surface area contributed by atoms with Gasteiger partial charge in [0.05, 0.1) is 12.6 Å². The van der Waals surface area contributed by atoms with Crippen molar-refractivity contribution in [2.45, 2.75) is 53.5 Å². The molecule has 3 rings (SSSR count). The SMILES string of the molecule is COc1ccc(N2CCN(C(N=C(C)Nc3ccccc3C)=NCCC(C)C)CC2(C)C)cc1. The first-order valence-corrected chi connectivity index (χ1v) is 12.3. The number of hydrogen-bond acceptors (Lipinski definition) is 3. The van der Waals surface area contributed by atoms with Crippen LogP contribution < -0.4 is 15.0 Å². The van der Waals surface area contributed by atoms with Crippen molar-refractivity contribution >= 4 is 23.2 Å². The van der Waals surface area contributed by atoms with Crippen molar-refractivity contribution in [1.29, 1.82) is 0 Å². The zero-order chi connectivity index (χ0) is 24.7. The number of benzene rings is 2. The number of ether oxygens (including phenoxy) is 1. The molecule has 0 atom stereocenters. The van der Waals surface area contributed by atoms with E-state index >= 15 is 0 Å². The number of guanidine groups is 1. The smallest absolute Gasteiger partial charge is 0.222 e. The van der Waals surface area contributed by atoms with Gasteiger partial charge in [0.1, 0.15) is 11.6 Å². The van der Waals surface area contributed by atoms with Crippen LogP contribution in [0.1, 0.15) is 46.6 Å². The summed E-state index contributed by atoms with van der Waals surface area (Å²) in [7, 11) is 1.70. The zero-order valence-electron chi connectivity index (χ0n) is 21.9. The molecule has 2 aromatic carbocycles. The van der Waals surface area contributed by atoms with Gasteiger partial charge in [0.25, 0.3) is 0 Å². The highest BCUT2D eigenvalue weighted by Crippen LogP contribution is 2.29. The summed E-state index contributed by atoms with van der Waals surface area (Å²) in [6.07, 6.45) is 1.05. The van der Waals surface area contributed by atoms with Gasteiger partial charge in [-0.3, -0.25) is 4.99 Å². The summed E-state index contributed by atoms with van der Waals surface area (Å²) in [6.45, 7) is 16.6. The fraction of sp³-hybridized carbons (Fsp3) is 0.500. The lowest BCUT2D eigenvalue weighted by Gasteiger charge is -2.48. The highest BCUT2D eigenvalue weighted by molar-refractivity contribution is 6.02. The summed E-state index contributed by atoms with van der Waals surface area (Å²) < 4.78 is 5.33. The highest BCUT2D eigenvalue weighted by atomic mass is 16.5. The fourth-order valence-electron chi connectivity index (χ4n) is 4.28. The molecule has 0 radical (unpaired) electrons. The summed E-state index contributed by atoms with van der Waals surface area (Å²) in [6, 6.07) is 16.6. The molecule has 0 aliphatic carbocycles. The lowest BCUT2D eigenvalue weighted by Crippen LogP contribution is -2.60. The predicted molar refractivity (Wildman–Crippen MR) is 146 cm³/mol. The van der Waals surface area contributed by atoms with E-state index in [-0.39, 0.29) is 5.54 Å². The van der Waals surface area contributed by atoms with E-state index in [9.17, 15) is 0 Å². The number of anilines is 2. The number of methoxy groups -OCH3 is 1. The Bertz CT molecular complexity index is 994. The first-order valence-electron chi connectivity index (χ1n) is 12.3. The van der Waals surface area contributed by atoms with E-state index in [1.807, 2.05) is 25.1 Å². The van der Waals surface area contributed by atoms with E-state index in [4.69, 9.17) is 14.7 Å². The third-order valence-corrected chi connectivity index (χ3v) is 6.26. The molecule has 1 aliphatic rings. The molecular formula is C28H41N5O. The molecule has 184 valence electrons. The maximum Gasteiger partial charge on any atom is 0.222 e. The van der Waals surface area contributed by atoms with E-state index in [1.165, 1.54) is 11.3 Å². The molecule has 0 spiro atoms. The van der Waals surface area contributed by atoms with Gasteiger partial charge < -0.3 is 19.9 Å². The number of nitrogens with one attached hydrogen (secondary N) is 1. The van der Waals surface area contributed by atoms with Crippen LogP contribution in [0.25, 0.3) is 0 Å². The van der Waals surface area contributed by atoms with Gasteiger partial charge in [-0.05, 0) is 75.9 Å². The van der Waals surface area contributed by atoms with Crippen molar-refractivity contribution in [3.05, 3.63) is 54.1 Å². The number of rotatable bonds is 6. The summed E-state index contributed by atoms with van der Waals surface area (Å²) in [5.41, 5.74) is 3.42. The molecule has 1 N–H and O–H groups in total. The quantitative estimate of drug-likeness (QED) is 0.432. The van der Waals surface area contributed by atoms with Crippen LogP contribution in [0.4, 0.5) is 11.4 Å². The van der Waals surface area contributed by atoms with Crippen molar-refractivity contribution in [3.63, 3.8) is 0 Å². The number of piperazine rings is 1. The first-order chi connectivity index (χ1) is 16.2. The molecule has 34 heavy (non-hydrogen) atoms. The van der Waals surface area contributed by atoms with Gasteiger partial charge in [-0.25, -0.2) is 4.99 Å². The first kappa shape index (κ1) is 25.6. The second kappa shape index (κ2) is 11.4.